The zero-order valence-corrected chi connectivity index (χ0v) is 17.8. The van der Waals surface area contributed by atoms with Crippen molar-refractivity contribution in [3.8, 4) is 0 Å². The van der Waals surface area contributed by atoms with Gasteiger partial charge in [0.05, 0.1) is 6.10 Å². The summed E-state index contributed by atoms with van der Waals surface area (Å²) in [7, 11) is -4.17. The molecule has 8 heteroatoms. The van der Waals surface area contributed by atoms with E-state index in [1.807, 2.05) is 0 Å². The minimum Gasteiger partial charge on any atom is -0.447 e. The fraction of sp³-hybridized carbons (Fsp3) is 0.500. The number of sulfonamides is 1. The van der Waals surface area contributed by atoms with E-state index in [-0.39, 0.29) is 5.09 Å². The number of urea groups is 1. The Bertz CT molecular complexity index is 1110. The van der Waals surface area contributed by atoms with E-state index in [2.05, 4.69) is 17.0 Å². The van der Waals surface area contributed by atoms with Gasteiger partial charge in [0.25, 0.3) is 10.0 Å². The molecule has 5 rings (SSSR count). The maximum absolute atomic E-state index is 12.7. The maximum Gasteiger partial charge on any atom is 0.333 e. The van der Waals surface area contributed by atoms with E-state index in [0.29, 0.717) is 24.2 Å². The van der Waals surface area contributed by atoms with E-state index in [9.17, 15) is 18.3 Å². The lowest BCUT2D eigenvalue weighted by atomic mass is 9.93. The fourth-order valence-corrected chi connectivity index (χ4v) is 6.22. The molecule has 0 fully saturated rings. The summed E-state index contributed by atoms with van der Waals surface area (Å²) in [6.07, 6.45) is 7.06. The standard InChI is InChI=1S/C22H26N2O5S/c1-12-13-5-2-7-15(13)21(16-8-3-6-14(12)16)23-22(26)24-30(27,28)20-11-17-18(25)9-4-10-19(17)29-20/h11,18,25H,2-10H2,1H3,(H2,23,24,26). The van der Waals surface area contributed by atoms with Crippen molar-refractivity contribution in [3.63, 3.8) is 0 Å². The Hall–Kier alpha value is -2.32. The van der Waals surface area contributed by atoms with Gasteiger partial charge in [-0.25, -0.2) is 9.52 Å². The third kappa shape index (κ3) is 3.13. The van der Waals surface area contributed by atoms with Crippen LogP contribution in [-0.2, 0) is 42.1 Å². The summed E-state index contributed by atoms with van der Waals surface area (Å²) in [5, 5.41) is 12.6. The highest BCUT2D eigenvalue weighted by molar-refractivity contribution is 7.89. The summed E-state index contributed by atoms with van der Waals surface area (Å²) in [6.45, 7) is 2.16. The lowest BCUT2D eigenvalue weighted by Gasteiger charge is -2.19. The number of nitrogens with one attached hydrogen (secondary N) is 2. The Balaban J connectivity index is 1.41. The van der Waals surface area contributed by atoms with Crippen molar-refractivity contribution in [2.24, 2.45) is 0 Å². The molecule has 3 aliphatic carbocycles. The fourth-order valence-electron chi connectivity index (χ4n) is 5.33. The predicted molar refractivity (Wildman–Crippen MR) is 111 cm³/mol. The number of amides is 2. The number of fused-ring (bicyclic) bond motifs is 3. The van der Waals surface area contributed by atoms with Crippen LogP contribution in [0.25, 0.3) is 0 Å². The van der Waals surface area contributed by atoms with Crippen molar-refractivity contribution >= 4 is 21.7 Å². The number of rotatable bonds is 3. The van der Waals surface area contributed by atoms with Gasteiger partial charge >= 0.3 is 6.03 Å². The first kappa shape index (κ1) is 19.6. The lowest BCUT2D eigenvalue weighted by Crippen LogP contribution is -2.34. The van der Waals surface area contributed by atoms with Crippen LogP contribution in [0.2, 0.25) is 0 Å². The molecule has 1 atom stereocenters. The second-order valence-electron chi connectivity index (χ2n) is 8.53. The van der Waals surface area contributed by atoms with Gasteiger partial charge in [-0.05, 0) is 86.1 Å². The van der Waals surface area contributed by atoms with Crippen LogP contribution in [0.15, 0.2) is 15.6 Å². The van der Waals surface area contributed by atoms with Crippen LogP contribution in [0.4, 0.5) is 10.5 Å². The lowest BCUT2D eigenvalue weighted by molar-refractivity contribution is 0.152. The number of aliphatic hydroxyl groups excluding tert-OH is 1. The molecule has 2 aromatic rings. The number of aliphatic hydroxyl groups is 1. The van der Waals surface area contributed by atoms with Gasteiger partial charge in [-0.15, -0.1) is 0 Å². The van der Waals surface area contributed by atoms with Gasteiger partial charge in [-0.3, -0.25) is 0 Å². The third-order valence-corrected chi connectivity index (χ3v) is 7.92. The molecule has 160 valence electrons. The Labute approximate surface area is 175 Å². The summed E-state index contributed by atoms with van der Waals surface area (Å²) in [4.78, 5) is 12.7. The van der Waals surface area contributed by atoms with Crippen molar-refractivity contribution in [2.75, 3.05) is 5.32 Å². The average Bonchev–Trinajstić information content (AvgIpc) is 3.43. The Morgan fingerprint density at radius 1 is 1.03 bits per heavy atom. The summed E-state index contributed by atoms with van der Waals surface area (Å²) < 4.78 is 33.0. The molecule has 0 aliphatic heterocycles. The minimum absolute atomic E-state index is 0.331. The molecule has 3 N–H and O–H groups in total. The molecule has 0 saturated heterocycles. The van der Waals surface area contributed by atoms with Crippen molar-refractivity contribution in [3.05, 3.63) is 45.2 Å². The Kier molecular flexibility index (Phi) is 4.67. The molecule has 3 aliphatic rings. The highest BCUT2D eigenvalue weighted by Gasteiger charge is 2.31. The first-order valence-corrected chi connectivity index (χ1v) is 12.1. The van der Waals surface area contributed by atoms with Crippen molar-refractivity contribution in [2.45, 2.75) is 75.9 Å². The van der Waals surface area contributed by atoms with E-state index in [4.69, 9.17) is 4.42 Å². The van der Waals surface area contributed by atoms with Gasteiger partial charge < -0.3 is 14.8 Å². The van der Waals surface area contributed by atoms with Crippen LogP contribution in [0.1, 0.15) is 70.9 Å². The van der Waals surface area contributed by atoms with Crippen molar-refractivity contribution < 1.29 is 22.7 Å². The Morgan fingerprint density at radius 2 is 1.67 bits per heavy atom. The van der Waals surface area contributed by atoms with Crippen LogP contribution in [0.5, 0.6) is 0 Å². The topological polar surface area (TPSA) is 109 Å². The minimum atomic E-state index is -4.17. The molecule has 30 heavy (non-hydrogen) atoms. The monoisotopic (exact) mass is 430 g/mol. The van der Waals surface area contributed by atoms with Gasteiger partial charge in [0.1, 0.15) is 5.76 Å². The second kappa shape index (κ2) is 7.13. The smallest absolute Gasteiger partial charge is 0.333 e. The van der Waals surface area contributed by atoms with Crippen LogP contribution in [0, 0.1) is 6.92 Å². The molecule has 2 amide bonds. The molecule has 0 spiro atoms. The number of anilines is 1. The third-order valence-electron chi connectivity index (χ3n) is 6.73. The van der Waals surface area contributed by atoms with Gasteiger partial charge in [-0.1, -0.05) is 0 Å². The van der Waals surface area contributed by atoms with Crippen LogP contribution in [-0.4, -0.2) is 19.6 Å². The first-order valence-electron chi connectivity index (χ1n) is 10.7. The molecule has 0 bridgehead atoms. The van der Waals surface area contributed by atoms with E-state index >= 15 is 0 Å². The maximum atomic E-state index is 12.7. The number of hydrogen-bond acceptors (Lipinski definition) is 5. The number of hydrogen-bond donors (Lipinski definition) is 3. The molecule has 1 aromatic carbocycles. The van der Waals surface area contributed by atoms with E-state index in [0.717, 1.165) is 61.8 Å². The van der Waals surface area contributed by atoms with Gasteiger partial charge in [0.2, 0.25) is 5.09 Å². The number of benzene rings is 1. The van der Waals surface area contributed by atoms with E-state index in [1.54, 1.807) is 0 Å². The van der Waals surface area contributed by atoms with Crippen LogP contribution in [0.3, 0.4) is 0 Å². The second-order valence-corrected chi connectivity index (χ2v) is 10.1. The highest BCUT2D eigenvalue weighted by Crippen LogP contribution is 2.41. The van der Waals surface area contributed by atoms with E-state index in [1.165, 1.54) is 22.8 Å². The van der Waals surface area contributed by atoms with Crippen molar-refractivity contribution in [1.29, 1.82) is 0 Å². The summed E-state index contributed by atoms with van der Waals surface area (Å²) in [6, 6.07) is 0.549. The normalized spacial score (nSPS) is 19.9. The molecule has 1 heterocycles. The highest BCUT2D eigenvalue weighted by atomic mass is 32.2. The van der Waals surface area contributed by atoms with Crippen LogP contribution < -0.4 is 10.0 Å². The molecule has 7 nitrogen and oxygen atoms in total. The van der Waals surface area contributed by atoms with Crippen LogP contribution >= 0.6 is 0 Å². The average molecular weight is 431 g/mol. The molecular weight excluding hydrogens is 404 g/mol. The Morgan fingerprint density at radius 3 is 2.30 bits per heavy atom. The molecular formula is C22H26N2O5S. The van der Waals surface area contributed by atoms with Crippen molar-refractivity contribution in [1.82, 2.24) is 4.72 Å². The zero-order valence-electron chi connectivity index (χ0n) is 17.0. The summed E-state index contributed by atoms with van der Waals surface area (Å²) in [5.41, 5.74) is 7.55. The van der Waals surface area contributed by atoms with Gasteiger partial charge in [-0.2, -0.15) is 8.42 Å². The predicted octanol–water partition coefficient (Wildman–Crippen LogP) is 3.45. The first-order chi connectivity index (χ1) is 14.3. The number of carbonyl (C=O) groups is 1. The largest absolute Gasteiger partial charge is 0.447 e. The number of furan rings is 1. The molecule has 0 saturated carbocycles. The summed E-state index contributed by atoms with van der Waals surface area (Å²) >= 11 is 0. The van der Waals surface area contributed by atoms with Gasteiger partial charge in [0.15, 0.2) is 0 Å². The molecule has 1 aromatic heterocycles. The van der Waals surface area contributed by atoms with Gasteiger partial charge in [0, 0.05) is 23.7 Å². The quantitative estimate of drug-likeness (QED) is 0.691. The summed E-state index contributed by atoms with van der Waals surface area (Å²) in [5.74, 6) is 0.476. The SMILES string of the molecule is Cc1c2c(c(NC(=O)NS(=O)(=O)c3cc4c(o3)CCCC4O)c3c1CCC3)CCC2. The molecule has 0 radical (unpaired) electrons. The number of aryl methyl sites for hydroxylation is 1. The zero-order chi connectivity index (χ0) is 21.0. The van der Waals surface area contributed by atoms with E-state index < -0.39 is 22.2 Å². The molecule has 1 unspecified atom stereocenters. The number of carbonyl (C=O) groups excluding carboxylic acids is 1.